The number of carbonyl (C=O) groups is 1. The third kappa shape index (κ3) is 2.54. The van der Waals surface area contributed by atoms with Gasteiger partial charge in [0.15, 0.2) is 0 Å². The van der Waals surface area contributed by atoms with E-state index in [2.05, 4.69) is 34.5 Å². The van der Waals surface area contributed by atoms with Crippen molar-refractivity contribution in [1.82, 2.24) is 10.2 Å². The molecule has 3 nitrogen and oxygen atoms in total. The maximum Gasteiger partial charge on any atom is 0.217 e. The van der Waals surface area contributed by atoms with Crippen molar-refractivity contribution in [2.24, 2.45) is 11.8 Å². The van der Waals surface area contributed by atoms with Crippen LogP contribution in [0.3, 0.4) is 0 Å². The van der Waals surface area contributed by atoms with Crippen LogP contribution in [-0.4, -0.2) is 29.9 Å². The fourth-order valence-electron chi connectivity index (χ4n) is 6.68. The second-order valence-electron chi connectivity index (χ2n) is 9.10. The fourth-order valence-corrected chi connectivity index (χ4v) is 6.68. The van der Waals surface area contributed by atoms with Gasteiger partial charge in [0.25, 0.3) is 0 Å². The molecule has 4 aliphatic rings. The highest BCUT2D eigenvalue weighted by atomic mass is 16.1. The second kappa shape index (κ2) is 5.84. The summed E-state index contributed by atoms with van der Waals surface area (Å²) in [6, 6.07) is 9.94. The number of likely N-dealkylation sites (tertiary alicyclic amines) is 1. The Morgan fingerprint density at radius 1 is 1.16 bits per heavy atom. The summed E-state index contributed by atoms with van der Waals surface area (Å²) in [5.41, 5.74) is 3.17. The third-order valence-electron chi connectivity index (χ3n) is 7.80. The summed E-state index contributed by atoms with van der Waals surface area (Å²) in [5, 5.41) is 3.21. The van der Waals surface area contributed by atoms with Crippen molar-refractivity contribution in [3.63, 3.8) is 0 Å². The van der Waals surface area contributed by atoms with E-state index < -0.39 is 0 Å². The van der Waals surface area contributed by atoms with Gasteiger partial charge in [-0.3, -0.25) is 4.79 Å². The molecule has 1 amide bonds. The van der Waals surface area contributed by atoms with Crippen LogP contribution in [0.2, 0.25) is 0 Å². The first kappa shape index (κ1) is 15.9. The van der Waals surface area contributed by atoms with Gasteiger partial charge >= 0.3 is 0 Å². The number of rotatable bonds is 2. The molecule has 2 bridgehead atoms. The van der Waals surface area contributed by atoms with Gasteiger partial charge in [0.2, 0.25) is 5.91 Å². The van der Waals surface area contributed by atoms with Crippen molar-refractivity contribution in [2.75, 3.05) is 13.1 Å². The topological polar surface area (TPSA) is 32.3 Å². The molecule has 3 aliphatic carbocycles. The van der Waals surface area contributed by atoms with Gasteiger partial charge in [-0.15, -0.1) is 0 Å². The van der Waals surface area contributed by atoms with E-state index in [0.29, 0.717) is 0 Å². The molecule has 1 aromatic carbocycles. The van der Waals surface area contributed by atoms with Crippen LogP contribution in [0.1, 0.15) is 69.0 Å². The van der Waals surface area contributed by atoms with E-state index >= 15 is 0 Å². The number of fused-ring (bicyclic) bond motifs is 4. The molecule has 3 fully saturated rings. The van der Waals surface area contributed by atoms with Crippen LogP contribution in [0, 0.1) is 11.8 Å². The van der Waals surface area contributed by atoms with Crippen LogP contribution in [0.5, 0.6) is 0 Å². The zero-order valence-corrected chi connectivity index (χ0v) is 15.3. The Kier molecular flexibility index (Phi) is 3.70. The molecule has 0 unspecified atom stereocenters. The highest BCUT2D eigenvalue weighted by molar-refractivity contribution is 5.73. The lowest BCUT2D eigenvalue weighted by atomic mass is 9.73. The summed E-state index contributed by atoms with van der Waals surface area (Å²) in [4.78, 5) is 14.5. The van der Waals surface area contributed by atoms with Crippen molar-refractivity contribution in [2.45, 2.75) is 69.4 Å². The minimum absolute atomic E-state index is 0.0938. The molecule has 0 radical (unpaired) electrons. The lowest BCUT2D eigenvalue weighted by Gasteiger charge is -2.44. The number of piperidine rings is 1. The van der Waals surface area contributed by atoms with Crippen LogP contribution in [0.4, 0.5) is 0 Å². The lowest BCUT2D eigenvalue weighted by molar-refractivity contribution is -0.119. The van der Waals surface area contributed by atoms with Crippen molar-refractivity contribution >= 4 is 5.91 Å². The van der Waals surface area contributed by atoms with Crippen molar-refractivity contribution in [3.05, 3.63) is 35.4 Å². The summed E-state index contributed by atoms with van der Waals surface area (Å²) < 4.78 is 0. The zero-order valence-electron chi connectivity index (χ0n) is 15.3. The quantitative estimate of drug-likeness (QED) is 0.890. The molecule has 4 atom stereocenters. The highest BCUT2D eigenvalue weighted by Gasteiger charge is 2.48. The van der Waals surface area contributed by atoms with Gasteiger partial charge in [-0.25, -0.2) is 0 Å². The van der Waals surface area contributed by atoms with E-state index in [0.717, 1.165) is 24.3 Å². The highest BCUT2D eigenvalue weighted by Crippen LogP contribution is 2.53. The summed E-state index contributed by atoms with van der Waals surface area (Å²) in [7, 11) is 0. The van der Waals surface area contributed by atoms with E-state index in [1.807, 2.05) is 0 Å². The molecule has 25 heavy (non-hydrogen) atoms. The number of nitrogens with one attached hydrogen (secondary N) is 1. The number of hydrogen-bond acceptors (Lipinski definition) is 2. The minimum Gasteiger partial charge on any atom is -0.349 e. The number of benzene rings is 1. The molecule has 1 N–H and O–H groups in total. The molecular formula is C22H30N2O. The maximum atomic E-state index is 11.7. The SMILES string of the molecule is CC(=O)N[C@@H]1CC2(CCN([C@@H]3C[C@@H]4CC[C@@H]3C4)CC2)c2ccccc21. The van der Waals surface area contributed by atoms with Crippen molar-refractivity contribution < 1.29 is 4.79 Å². The first-order chi connectivity index (χ1) is 12.1. The molecule has 1 heterocycles. The van der Waals surface area contributed by atoms with Crippen LogP contribution < -0.4 is 5.32 Å². The van der Waals surface area contributed by atoms with Crippen LogP contribution in [0.15, 0.2) is 24.3 Å². The van der Waals surface area contributed by atoms with Crippen LogP contribution in [-0.2, 0) is 10.2 Å². The Hall–Kier alpha value is -1.35. The van der Waals surface area contributed by atoms with Gasteiger partial charge in [0.05, 0.1) is 6.04 Å². The largest absolute Gasteiger partial charge is 0.349 e. The Morgan fingerprint density at radius 3 is 2.64 bits per heavy atom. The summed E-state index contributed by atoms with van der Waals surface area (Å²) in [6.07, 6.45) is 9.54. The van der Waals surface area contributed by atoms with Gasteiger partial charge in [0.1, 0.15) is 0 Å². The fraction of sp³-hybridized carbons (Fsp3) is 0.682. The van der Waals surface area contributed by atoms with Gasteiger partial charge in [-0.2, -0.15) is 0 Å². The molecule has 5 rings (SSSR count). The summed E-state index contributed by atoms with van der Waals surface area (Å²) >= 11 is 0. The van der Waals surface area contributed by atoms with E-state index in [-0.39, 0.29) is 17.4 Å². The molecule has 2 saturated carbocycles. The molecule has 134 valence electrons. The van der Waals surface area contributed by atoms with E-state index in [1.54, 1.807) is 6.92 Å². The van der Waals surface area contributed by atoms with Crippen LogP contribution in [0.25, 0.3) is 0 Å². The van der Waals surface area contributed by atoms with E-state index in [4.69, 9.17) is 0 Å². The molecule has 1 aromatic rings. The molecule has 1 aliphatic heterocycles. The summed E-state index contributed by atoms with van der Waals surface area (Å²) in [6.45, 7) is 4.13. The number of hydrogen-bond donors (Lipinski definition) is 1. The van der Waals surface area contributed by atoms with Crippen LogP contribution >= 0.6 is 0 Å². The molecular weight excluding hydrogens is 308 g/mol. The monoisotopic (exact) mass is 338 g/mol. The average molecular weight is 338 g/mol. The zero-order chi connectivity index (χ0) is 17.0. The Labute approximate surface area is 151 Å². The van der Waals surface area contributed by atoms with Gasteiger partial charge < -0.3 is 10.2 Å². The van der Waals surface area contributed by atoms with E-state index in [9.17, 15) is 4.79 Å². The molecule has 3 heteroatoms. The normalized spacial score (nSPS) is 35.9. The minimum atomic E-state index is 0.0938. The van der Waals surface area contributed by atoms with E-state index in [1.165, 1.54) is 62.7 Å². The summed E-state index contributed by atoms with van der Waals surface area (Å²) in [5.74, 6) is 2.11. The predicted molar refractivity (Wildman–Crippen MR) is 99.3 cm³/mol. The van der Waals surface area contributed by atoms with Gasteiger partial charge in [-0.1, -0.05) is 30.7 Å². The molecule has 1 saturated heterocycles. The third-order valence-corrected chi connectivity index (χ3v) is 7.80. The lowest BCUT2D eigenvalue weighted by Crippen LogP contribution is -2.48. The van der Waals surface area contributed by atoms with Crippen molar-refractivity contribution in [3.8, 4) is 0 Å². The van der Waals surface area contributed by atoms with Gasteiger partial charge in [-0.05, 0) is 74.6 Å². The number of nitrogens with zero attached hydrogens (tertiary/aromatic N) is 1. The first-order valence-corrected chi connectivity index (χ1v) is 10.3. The maximum absolute atomic E-state index is 11.7. The Balaban J connectivity index is 1.34. The molecule has 1 spiro atoms. The second-order valence-corrected chi connectivity index (χ2v) is 9.10. The molecule has 0 aromatic heterocycles. The van der Waals surface area contributed by atoms with Crippen molar-refractivity contribution in [1.29, 1.82) is 0 Å². The average Bonchev–Trinajstić information content (AvgIpc) is 3.31. The number of amides is 1. The standard InChI is InChI=1S/C22H30N2O/c1-15(25)23-20-14-22(19-5-3-2-4-18(19)20)8-10-24(11-9-22)21-13-16-6-7-17(21)12-16/h2-5,16-17,20-21H,6-14H2,1H3,(H,23,25)/t16-,17-,20-,21-/m1/s1. The predicted octanol–water partition coefficient (Wildman–Crippen LogP) is 3.79. The Morgan fingerprint density at radius 2 is 1.96 bits per heavy atom. The smallest absolute Gasteiger partial charge is 0.217 e. The Bertz CT molecular complexity index is 676. The first-order valence-electron chi connectivity index (χ1n) is 10.3. The van der Waals surface area contributed by atoms with Gasteiger partial charge in [0, 0.05) is 18.4 Å². The number of carbonyl (C=O) groups excluding carboxylic acids is 1.